The van der Waals surface area contributed by atoms with Crippen LogP contribution in [0.15, 0.2) is 4.52 Å². The minimum Gasteiger partial charge on any atom is -0.481 e. The quantitative estimate of drug-likeness (QED) is 0.916. The van der Waals surface area contributed by atoms with Crippen LogP contribution in [0.1, 0.15) is 43.8 Å². The molecule has 1 heterocycles. The van der Waals surface area contributed by atoms with Crippen LogP contribution < -0.4 is 0 Å². The minimum atomic E-state index is -4.64. The number of alkyl halides is 3. The summed E-state index contributed by atoms with van der Waals surface area (Å²) in [5, 5.41) is 11.8. The second-order valence-electron chi connectivity index (χ2n) is 4.96. The van der Waals surface area contributed by atoms with E-state index in [9.17, 15) is 18.0 Å². The Hall–Kier alpha value is -1.60. The number of rotatable bonds is 4. The summed E-state index contributed by atoms with van der Waals surface area (Å²) in [6, 6.07) is 0. The second-order valence-corrected chi connectivity index (χ2v) is 4.96. The lowest BCUT2D eigenvalue weighted by atomic mass is 9.79. The van der Waals surface area contributed by atoms with E-state index in [4.69, 9.17) is 5.11 Å². The van der Waals surface area contributed by atoms with E-state index in [1.807, 2.05) is 0 Å². The summed E-state index contributed by atoms with van der Waals surface area (Å²) in [6.45, 7) is 0. The maximum absolute atomic E-state index is 12.3. The first kappa shape index (κ1) is 13.8. The van der Waals surface area contributed by atoms with Gasteiger partial charge in [-0.25, -0.2) is 0 Å². The largest absolute Gasteiger partial charge is 0.481 e. The molecule has 1 aliphatic carbocycles. The Balaban J connectivity index is 2.14. The van der Waals surface area contributed by atoms with Gasteiger partial charge in [-0.1, -0.05) is 18.0 Å². The molecule has 5 nitrogen and oxygen atoms in total. The number of carbonyl (C=O) groups is 1. The zero-order valence-corrected chi connectivity index (χ0v) is 10.0. The van der Waals surface area contributed by atoms with Crippen molar-refractivity contribution in [2.24, 2.45) is 5.41 Å². The van der Waals surface area contributed by atoms with Gasteiger partial charge in [0.15, 0.2) is 0 Å². The molecule has 0 spiro atoms. The molecule has 1 saturated carbocycles. The third kappa shape index (κ3) is 3.24. The number of nitrogens with zero attached hydrogens (tertiary/aromatic N) is 2. The molecule has 0 aliphatic heterocycles. The molecule has 0 unspecified atom stereocenters. The fraction of sp³-hybridized carbons (Fsp3) is 0.727. The molecule has 0 amide bonds. The van der Waals surface area contributed by atoms with Crippen molar-refractivity contribution in [1.29, 1.82) is 0 Å². The molecule has 0 radical (unpaired) electrons. The van der Waals surface area contributed by atoms with Crippen LogP contribution in [0.25, 0.3) is 0 Å². The van der Waals surface area contributed by atoms with Gasteiger partial charge in [-0.05, 0) is 18.3 Å². The number of carboxylic acid groups (broad SMARTS) is 1. The molecule has 1 aromatic rings. The Morgan fingerprint density at radius 3 is 2.47 bits per heavy atom. The van der Waals surface area contributed by atoms with Crippen molar-refractivity contribution in [2.45, 2.75) is 44.7 Å². The van der Waals surface area contributed by atoms with Crippen LogP contribution in [0.2, 0.25) is 0 Å². The van der Waals surface area contributed by atoms with Crippen molar-refractivity contribution < 1.29 is 27.6 Å². The van der Waals surface area contributed by atoms with Gasteiger partial charge in [0, 0.05) is 6.42 Å². The third-order valence-corrected chi connectivity index (χ3v) is 3.44. The molecule has 1 aliphatic rings. The summed E-state index contributed by atoms with van der Waals surface area (Å²) in [4.78, 5) is 14.2. The molecule has 19 heavy (non-hydrogen) atoms. The van der Waals surface area contributed by atoms with E-state index in [1.165, 1.54) is 0 Å². The zero-order chi connectivity index (χ0) is 14.1. The van der Waals surface area contributed by atoms with Crippen molar-refractivity contribution >= 4 is 5.97 Å². The van der Waals surface area contributed by atoms with Crippen LogP contribution in [0.4, 0.5) is 13.2 Å². The summed E-state index contributed by atoms with van der Waals surface area (Å²) >= 11 is 0. The van der Waals surface area contributed by atoms with Crippen LogP contribution in [0, 0.1) is 5.41 Å². The van der Waals surface area contributed by atoms with Gasteiger partial charge in [0.05, 0.1) is 6.42 Å². The van der Waals surface area contributed by atoms with E-state index in [0.29, 0.717) is 12.8 Å². The highest BCUT2D eigenvalue weighted by atomic mass is 19.4. The maximum Gasteiger partial charge on any atom is 0.455 e. The first-order valence-electron chi connectivity index (χ1n) is 5.92. The van der Waals surface area contributed by atoms with E-state index < -0.39 is 23.4 Å². The molecule has 8 heteroatoms. The van der Waals surface area contributed by atoms with E-state index >= 15 is 0 Å². The van der Waals surface area contributed by atoms with Gasteiger partial charge in [0.25, 0.3) is 5.82 Å². The average molecular weight is 278 g/mol. The summed E-state index contributed by atoms with van der Waals surface area (Å²) in [5.74, 6) is -2.42. The van der Waals surface area contributed by atoms with Crippen molar-refractivity contribution in [3.63, 3.8) is 0 Å². The first-order chi connectivity index (χ1) is 8.81. The molecule has 106 valence electrons. The Bertz CT molecular complexity index is 464. The lowest BCUT2D eigenvalue weighted by molar-refractivity contribution is -0.146. The third-order valence-electron chi connectivity index (χ3n) is 3.44. The van der Waals surface area contributed by atoms with Crippen molar-refractivity contribution in [3.05, 3.63) is 11.7 Å². The standard InChI is InChI=1S/C11H13F3N2O3/c12-11(13,14)9-15-7(19-16-9)5-10(6-8(17)18)3-1-2-4-10/h1-6H2,(H,17,18). The Kier molecular flexibility index (Phi) is 3.51. The van der Waals surface area contributed by atoms with Crippen LogP contribution >= 0.6 is 0 Å². The van der Waals surface area contributed by atoms with Gasteiger partial charge in [-0.2, -0.15) is 18.2 Å². The van der Waals surface area contributed by atoms with Crippen LogP contribution in [0.3, 0.4) is 0 Å². The predicted octanol–water partition coefficient (Wildman–Crippen LogP) is 2.67. The maximum atomic E-state index is 12.3. The summed E-state index contributed by atoms with van der Waals surface area (Å²) in [5.41, 5.74) is -0.554. The van der Waals surface area contributed by atoms with Crippen molar-refractivity contribution in [1.82, 2.24) is 10.1 Å². The Morgan fingerprint density at radius 1 is 1.37 bits per heavy atom. The summed E-state index contributed by atoms with van der Waals surface area (Å²) < 4.78 is 41.6. The normalized spacial score (nSPS) is 18.7. The molecular formula is C11H13F3N2O3. The lowest BCUT2D eigenvalue weighted by Crippen LogP contribution is -2.24. The average Bonchev–Trinajstić information content (AvgIpc) is 2.86. The number of hydrogen-bond acceptors (Lipinski definition) is 4. The SMILES string of the molecule is O=C(O)CC1(Cc2nc(C(F)(F)F)no2)CCCC1. The molecule has 1 N–H and O–H groups in total. The van der Waals surface area contributed by atoms with Crippen molar-refractivity contribution in [3.8, 4) is 0 Å². The Labute approximate surface area is 106 Å². The van der Waals surface area contributed by atoms with Gasteiger partial charge in [0.1, 0.15) is 0 Å². The monoisotopic (exact) mass is 278 g/mol. The smallest absolute Gasteiger partial charge is 0.455 e. The van der Waals surface area contributed by atoms with Gasteiger partial charge < -0.3 is 9.63 Å². The lowest BCUT2D eigenvalue weighted by Gasteiger charge is -2.24. The number of halogens is 3. The highest BCUT2D eigenvalue weighted by Gasteiger charge is 2.41. The van der Waals surface area contributed by atoms with Gasteiger partial charge in [0.2, 0.25) is 5.89 Å². The molecule has 0 saturated heterocycles. The highest BCUT2D eigenvalue weighted by Crippen LogP contribution is 2.43. The number of aliphatic carboxylic acids is 1. The first-order valence-corrected chi connectivity index (χ1v) is 5.92. The molecule has 2 rings (SSSR count). The molecular weight excluding hydrogens is 265 g/mol. The van der Waals surface area contributed by atoms with E-state index in [2.05, 4.69) is 14.7 Å². The molecule has 1 aromatic heterocycles. The van der Waals surface area contributed by atoms with Crippen LogP contribution in [-0.4, -0.2) is 21.2 Å². The van der Waals surface area contributed by atoms with Crippen LogP contribution in [0.5, 0.6) is 0 Å². The topological polar surface area (TPSA) is 76.2 Å². The Morgan fingerprint density at radius 2 is 2.00 bits per heavy atom. The number of carboxylic acids is 1. The van der Waals surface area contributed by atoms with Gasteiger partial charge in [-0.15, -0.1) is 0 Å². The fourth-order valence-corrected chi connectivity index (χ4v) is 2.62. The van der Waals surface area contributed by atoms with E-state index in [0.717, 1.165) is 12.8 Å². The number of aromatic nitrogens is 2. The van der Waals surface area contributed by atoms with Gasteiger partial charge in [-0.3, -0.25) is 4.79 Å². The second kappa shape index (κ2) is 4.82. The number of hydrogen-bond donors (Lipinski definition) is 1. The van der Waals surface area contributed by atoms with Crippen LogP contribution in [-0.2, 0) is 17.4 Å². The summed E-state index contributed by atoms with van der Waals surface area (Å²) in [6.07, 6.45) is -1.59. The summed E-state index contributed by atoms with van der Waals surface area (Å²) in [7, 11) is 0. The molecule has 0 aromatic carbocycles. The molecule has 0 atom stereocenters. The minimum absolute atomic E-state index is 0.0857. The molecule has 1 fully saturated rings. The molecule has 0 bridgehead atoms. The highest BCUT2D eigenvalue weighted by molar-refractivity contribution is 5.67. The van der Waals surface area contributed by atoms with E-state index in [-0.39, 0.29) is 18.7 Å². The zero-order valence-electron chi connectivity index (χ0n) is 10.0. The van der Waals surface area contributed by atoms with Gasteiger partial charge >= 0.3 is 12.1 Å². The van der Waals surface area contributed by atoms with E-state index in [1.54, 1.807) is 0 Å². The van der Waals surface area contributed by atoms with Crippen molar-refractivity contribution in [2.75, 3.05) is 0 Å². The predicted molar refractivity (Wildman–Crippen MR) is 56.2 cm³/mol. The fourth-order valence-electron chi connectivity index (χ4n) is 2.62.